The van der Waals surface area contributed by atoms with Crippen molar-refractivity contribution in [2.45, 2.75) is 303 Å². The first kappa shape index (κ1) is 72.1. The molecule has 0 rings (SSSR count). The molecule has 0 radical (unpaired) electrons. The summed E-state index contributed by atoms with van der Waals surface area (Å²) in [7, 11) is 0. The number of unbranched alkanes of at least 4 members (excludes halogenated alkanes) is 28. The van der Waals surface area contributed by atoms with Gasteiger partial charge in [-0.15, -0.1) is 0 Å². The van der Waals surface area contributed by atoms with Crippen molar-refractivity contribution in [3.8, 4) is 0 Å². The van der Waals surface area contributed by atoms with Crippen LogP contribution in [-0.4, -0.2) is 37.2 Å². The average molecular weight is 1060 g/mol. The molecule has 0 saturated carbocycles. The maximum Gasteiger partial charge on any atom is 0.306 e. The molecular formula is C70H118O6. The zero-order chi connectivity index (χ0) is 55.0. The molecule has 0 aromatic rings. The van der Waals surface area contributed by atoms with Crippen molar-refractivity contribution in [1.29, 1.82) is 0 Å². The molecule has 0 aromatic carbocycles. The van der Waals surface area contributed by atoms with E-state index in [4.69, 9.17) is 14.2 Å². The van der Waals surface area contributed by atoms with Gasteiger partial charge in [0.1, 0.15) is 13.2 Å². The molecule has 0 bridgehead atoms. The Morgan fingerprint density at radius 1 is 0.276 bits per heavy atom. The Kier molecular flexibility index (Phi) is 60.3. The van der Waals surface area contributed by atoms with E-state index in [-0.39, 0.29) is 37.5 Å². The molecule has 6 heteroatoms. The largest absolute Gasteiger partial charge is 0.462 e. The first-order valence-corrected chi connectivity index (χ1v) is 31.9. The third-order valence-electron chi connectivity index (χ3n) is 13.5. The first-order valence-electron chi connectivity index (χ1n) is 31.9. The molecule has 6 nitrogen and oxygen atoms in total. The summed E-state index contributed by atoms with van der Waals surface area (Å²) in [5.41, 5.74) is 0. The predicted molar refractivity (Wildman–Crippen MR) is 330 cm³/mol. The van der Waals surface area contributed by atoms with Crippen molar-refractivity contribution in [2.75, 3.05) is 13.2 Å². The van der Waals surface area contributed by atoms with Crippen molar-refractivity contribution in [2.24, 2.45) is 0 Å². The molecular weight excluding hydrogens is 937 g/mol. The number of carbonyl (C=O) groups excluding carboxylic acids is 3. The minimum atomic E-state index is -0.808. The molecule has 0 aliphatic rings. The maximum atomic E-state index is 12.9. The number of esters is 3. The van der Waals surface area contributed by atoms with E-state index in [9.17, 15) is 14.4 Å². The maximum absolute atomic E-state index is 12.9. The normalized spacial score (nSPS) is 12.8. The summed E-state index contributed by atoms with van der Waals surface area (Å²) in [5, 5.41) is 0. The highest BCUT2D eigenvalue weighted by atomic mass is 16.6. The van der Waals surface area contributed by atoms with E-state index in [0.29, 0.717) is 19.3 Å². The van der Waals surface area contributed by atoms with Crippen LogP contribution in [0.1, 0.15) is 297 Å². The third-order valence-corrected chi connectivity index (χ3v) is 13.5. The molecule has 0 aliphatic carbocycles. The Morgan fingerprint density at radius 3 is 0.895 bits per heavy atom. The summed E-state index contributed by atoms with van der Waals surface area (Å²) in [5.74, 6) is -0.966. The highest BCUT2D eigenvalue weighted by molar-refractivity contribution is 5.71. The Hall–Kier alpha value is -3.93. The van der Waals surface area contributed by atoms with Gasteiger partial charge in [-0.25, -0.2) is 0 Å². The summed E-state index contributed by atoms with van der Waals surface area (Å²) < 4.78 is 16.9. The van der Waals surface area contributed by atoms with Gasteiger partial charge in [0.05, 0.1) is 0 Å². The predicted octanol–water partition coefficient (Wildman–Crippen LogP) is 21.8. The Balaban J connectivity index is 4.41. The Morgan fingerprint density at radius 2 is 0.526 bits per heavy atom. The molecule has 1 atom stereocenters. The molecule has 434 valence electrons. The zero-order valence-corrected chi connectivity index (χ0v) is 49.7. The van der Waals surface area contributed by atoms with E-state index >= 15 is 0 Å². The van der Waals surface area contributed by atoms with Crippen LogP contribution in [-0.2, 0) is 28.6 Å². The summed E-state index contributed by atoms with van der Waals surface area (Å²) in [6, 6.07) is 0. The second-order valence-electron chi connectivity index (χ2n) is 20.9. The number of ether oxygens (including phenoxy) is 3. The van der Waals surface area contributed by atoms with Gasteiger partial charge in [0.25, 0.3) is 0 Å². The fourth-order valence-electron chi connectivity index (χ4n) is 8.72. The van der Waals surface area contributed by atoms with Crippen molar-refractivity contribution in [3.05, 3.63) is 109 Å². The first-order chi connectivity index (χ1) is 37.5. The van der Waals surface area contributed by atoms with Crippen LogP contribution >= 0.6 is 0 Å². The van der Waals surface area contributed by atoms with Crippen LogP contribution < -0.4 is 0 Å². The standard InChI is InChI=1S/C70H118O6/c1-4-7-10-13-16-19-22-25-27-29-31-33-35-37-39-41-43-45-48-51-54-57-60-63-69(72)75-66-67(65-74-68(71)62-59-56-53-50-47-24-21-18-15-12-9-6-3)76-70(73)64-61-58-55-52-49-46-44-42-40-38-36-34-32-30-28-26-23-20-17-14-11-8-5-2/h7,10,16,18-19,21,25,27,30-33,37,39,43,45,51,54,67H,4-6,8-9,11-15,17,20,22-24,26,28-29,34-36,38,40-42,44,46-50,52-53,55-66H2,1-3H3/b10-7-,19-16-,21-18-,27-25-,32-30-,33-31-,39-37-,45-43-,54-51-. The molecule has 0 amide bonds. The van der Waals surface area contributed by atoms with E-state index in [1.165, 1.54) is 148 Å². The molecule has 0 aliphatic heterocycles. The Bertz CT molecular complexity index is 1540. The van der Waals surface area contributed by atoms with Crippen LogP contribution in [0.25, 0.3) is 0 Å². The lowest BCUT2D eigenvalue weighted by Gasteiger charge is -2.18. The monoisotopic (exact) mass is 1050 g/mol. The van der Waals surface area contributed by atoms with Crippen LogP contribution in [0.5, 0.6) is 0 Å². The van der Waals surface area contributed by atoms with Gasteiger partial charge in [-0.2, -0.15) is 0 Å². The summed E-state index contributed by atoms with van der Waals surface area (Å²) in [6.45, 7) is 6.46. The summed E-state index contributed by atoms with van der Waals surface area (Å²) in [4.78, 5) is 38.2. The van der Waals surface area contributed by atoms with Gasteiger partial charge in [0, 0.05) is 19.3 Å². The van der Waals surface area contributed by atoms with Gasteiger partial charge >= 0.3 is 17.9 Å². The van der Waals surface area contributed by atoms with Gasteiger partial charge in [-0.05, 0) is 122 Å². The van der Waals surface area contributed by atoms with Crippen molar-refractivity contribution in [1.82, 2.24) is 0 Å². The molecule has 0 saturated heterocycles. The number of allylic oxidation sites excluding steroid dienone is 18. The van der Waals surface area contributed by atoms with E-state index in [1.54, 1.807) is 0 Å². The van der Waals surface area contributed by atoms with Crippen LogP contribution in [0.3, 0.4) is 0 Å². The second-order valence-corrected chi connectivity index (χ2v) is 20.9. The van der Waals surface area contributed by atoms with Gasteiger partial charge < -0.3 is 14.2 Å². The van der Waals surface area contributed by atoms with Crippen molar-refractivity contribution in [3.63, 3.8) is 0 Å². The van der Waals surface area contributed by atoms with E-state index in [2.05, 4.69) is 130 Å². The number of rotatable bonds is 57. The van der Waals surface area contributed by atoms with Crippen LogP contribution in [0.2, 0.25) is 0 Å². The molecule has 0 N–H and O–H groups in total. The van der Waals surface area contributed by atoms with E-state index in [1.807, 2.05) is 0 Å². The second kappa shape index (κ2) is 63.6. The zero-order valence-electron chi connectivity index (χ0n) is 49.7. The molecule has 1 unspecified atom stereocenters. The fraction of sp³-hybridized carbons (Fsp3) is 0.700. The van der Waals surface area contributed by atoms with Crippen molar-refractivity contribution < 1.29 is 28.6 Å². The quantitative estimate of drug-likeness (QED) is 0.0261. The molecule has 0 heterocycles. The van der Waals surface area contributed by atoms with E-state index < -0.39 is 6.10 Å². The lowest BCUT2D eigenvalue weighted by Crippen LogP contribution is -2.30. The minimum absolute atomic E-state index is 0.101. The number of hydrogen-bond donors (Lipinski definition) is 0. The van der Waals surface area contributed by atoms with Gasteiger partial charge in [-0.1, -0.05) is 265 Å². The smallest absolute Gasteiger partial charge is 0.306 e. The molecule has 0 aromatic heterocycles. The van der Waals surface area contributed by atoms with Gasteiger partial charge in [0.15, 0.2) is 6.10 Å². The van der Waals surface area contributed by atoms with Gasteiger partial charge in [0.2, 0.25) is 0 Å². The molecule has 76 heavy (non-hydrogen) atoms. The van der Waals surface area contributed by atoms with Crippen molar-refractivity contribution >= 4 is 17.9 Å². The average Bonchev–Trinajstić information content (AvgIpc) is 3.42. The minimum Gasteiger partial charge on any atom is -0.462 e. The lowest BCUT2D eigenvalue weighted by molar-refractivity contribution is -0.167. The summed E-state index contributed by atoms with van der Waals surface area (Å²) in [6.07, 6.45) is 86.7. The summed E-state index contributed by atoms with van der Waals surface area (Å²) >= 11 is 0. The molecule has 0 spiro atoms. The topological polar surface area (TPSA) is 78.9 Å². The number of carbonyl (C=O) groups is 3. The third kappa shape index (κ3) is 60.9. The molecule has 0 fully saturated rings. The van der Waals surface area contributed by atoms with Gasteiger partial charge in [-0.3, -0.25) is 14.4 Å². The highest BCUT2D eigenvalue weighted by Crippen LogP contribution is 2.16. The van der Waals surface area contributed by atoms with E-state index in [0.717, 1.165) is 103 Å². The van der Waals surface area contributed by atoms with Crippen LogP contribution in [0, 0.1) is 0 Å². The lowest BCUT2D eigenvalue weighted by atomic mass is 10.0. The fourth-order valence-corrected chi connectivity index (χ4v) is 8.72. The Labute approximate surface area is 470 Å². The van der Waals surface area contributed by atoms with Crippen LogP contribution in [0.15, 0.2) is 109 Å². The SMILES string of the molecule is CC/C=C\C/C=C\C/C=C\C/C=C\C/C=C\C/C=C\C/C=C\CCCC(=O)OCC(COC(=O)CCCCCCC/C=C\CCCCC)OC(=O)CCCCCCCCCCCCC/C=C\CCCCCCCCCC. The van der Waals surface area contributed by atoms with Crippen LogP contribution in [0.4, 0.5) is 0 Å². The highest BCUT2D eigenvalue weighted by Gasteiger charge is 2.19. The number of hydrogen-bond acceptors (Lipinski definition) is 6.